The molecule has 0 N–H and O–H groups in total. The van der Waals surface area contributed by atoms with Crippen molar-refractivity contribution in [2.75, 3.05) is 39.3 Å². The van der Waals surface area contributed by atoms with Gasteiger partial charge in [-0.2, -0.15) is 5.26 Å². The fraction of sp³-hybridized carbons (Fsp3) is 0.312. The molecular formula is C16H21N3S. The van der Waals surface area contributed by atoms with E-state index in [1.54, 1.807) is 17.8 Å². The van der Waals surface area contributed by atoms with Gasteiger partial charge in [0.05, 0.1) is 6.07 Å². The summed E-state index contributed by atoms with van der Waals surface area (Å²) in [6, 6.07) is 10.5. The highest BCUT2D eigenvalue weighted by Gasteiger charge is 2.06. The van der Waals surface area contributed by atoms with Crippen LogP contribution in [0.3, 0.4) is 0 Å². The monoisotopic (exact) mass is 287 g/mol. The SMILES string of the molecule is CSC(=C\C#N)/C=C(\c1ccc(N(C)C)cc1)N(C)C. The quantitative estimate of drug-likeness (QED) is 0.613. The molecule has 0 spiro atoms. The Morgan fingerprint density at radius 2 is 1.75 bits per heavy atom. The minimum atomic E-state index is 0.952. The highest BCUT2D eigenvalue weighted by atomic mass is 32.2. The first kappa shape index (κ1) is 16.2. The summed E-state index contributed by atoms with van der Waals surface area (Å²) in [4.78, 5) is 5.09. The van der Waals surface area contributed by atoms with Crippen LogP contribution in [-0.4, -0.2) is 39.3 Å². The second-order valence-electron chi connectivity index (χ2n) is 4.75. The molecule has 0 saturated heterocycles. The van der Waals surface area contributed by atoms with Gasteiger partial charge in [-0.1, -0.05) is 12.1 Å². The van der Waals surface area contributed by atoms with Gasteiger partial charge in [-0.3, -0.25) is 0 Å². The lowest BCUT2D eigenvalue weighted by Gasteiger charge is -2.19. The van der Waals surface area contributed by atoms with Crippen molar-refractivity contribution in [3.05, 3.63) is 46.9 Å². The zero-order valence-corrected chi connectivity index (χ0v) is 13.5. The molecule has 0 radical (unpaired) electrons. The lowest BCUT2D eigenvalue weighted by Crippen LogP contribution is -2.11. The summed E-state index contributed by atoms with van der Waals surface area (Å²) in [5.74, 6) is 0. The van der Waals surface area contributed by atoms with E-state index in [1.807, 2.05) is 40.5 Å². The predicted octanol–water partition coefficient (Wildman–Crippen LogP) is 3.43. The molecule has 1 aromatic rings. The standard InChI is InChI=1S/C16H21N3S/c1-18(2)14-8-6-13(7-9-14)16(19(3)4)12-15(20-5)10-11-17/h6-10,12H,1-5H3/b15-10-,16-12+. The van der Waals surface area contributed by atoms with Crippen molar-refractivity contribution < 1.29 is 0 Å². The molecule has 0 saturated carbocycles. The fourth-order valence-corrected chi connectivity index (χ4v) is 2.16. The van der Waals surface area contributed by atoms with Crippen molar-refractivity contribution in [1.29, 1.82) is 5.26 Å². The maximum atomic E-state index is 8.80. The zero-order chi connectivity index (χ0) is 15.1. The Kier molecular flexibility index (Phi) is 6.20. The van der Waals surface area contributed by atoms with Crippen LogP contribution < -0.4 is 4.90 Å². The van der Waals surface area contributed by atoms with Gasteiger partial charge in [-0.15, -0.1) is 11.8 Å². The van der Waals surface area contributed by atoms with E-state index in [-0.39, 0.29) is 0 Å². The molecule has 0 amide bonds. The summed E-state index contributed by atoms with van der Waals surface area (Å²) < 4.78 is 0. The Morgan fingerprint density at radius 1 is 1.15 bits per heavy atom. The van der Waals surface area contributed by atoms with Crippen LogP contribution in [0.1, 0.15) is 5.56 Å². The molecular weight excluding hydrogens is 266 g/mol. The fourth-order valence-electron chi connectivity index (χ4n) is 1.76. The van der Waals surface area contributed by atoms with Gasteiger partial charge in [0.25, 0.3) is 0 Å². The molecule has 106 valence electrons. The molecule has 1 aromatic carbocycles. The maximum Gasteiger partial charge on any atom is 0.0923 e. The van der Waals surface area contributed by atoms with E-state index >= 15 is 0 Å². The minimum absolute atomic E-state index is 0.952. The Balaban J connectivity index is 3.18. The third kappa shape index (κ3) is 4.36. The van der Waals surface area contributed by atoms with Crippen LogP contribution in [0.2, 0.25) is 0 Å². The van der Waals surface area contributed by atoms with Crippen LogP contribution >= 0.6 is 11.8 Å². The molecule has 0 atom stereocenters. The predicted molar refractivity (Wildman–Crippen MR) is 89.6 cm³/mol. The third-order valence-electron chi connectivity index (χ3n) is 2.88. The number of hydrogen-bond acceptors (Lipinski definition) is 4. The topological polar surface area (TPSA) is 30.3 Å². The van der Waals surface area contributed by atoms with E-state index in [4.69, 9.17) is 5.26 Å². The molecule has 1 rings (SSSR count). The first-order valence-electron chi connectivity index (χ1n) is 6.30. The number of hydrogen-bond donors (Lipinski definition) is 0. The number of nitriles is 1. The second kappa shape index (κ2) is 7.66. The molecule has 20 heavy (non-hydrogen) atoms. The lowest BCUT2D eigenvalue weighted by atomic mass is 10.1. The van der Waals surface area contributed by atoms with Crippen LogP contribution in [0.15, 0.2) is 41.3 Å². The highest BCUT2D eigenvalue weighted by Crippen LogP contribution is 2.24. The summed E-state index contributed by atoms with van der Waals surface area (Å²) in [7, 11) is 8.07. The maximum absolute atomic E-state index is 8.80. The molecule has 3 nitrogen and oxygen atoms in total. The molecule has 0 aromatic heterocycles. The van der Waals surface area contributed by atoms with Crippen LogP contribution in [-0.2, 0) is 0 Å². The first-order valence-corrected chi connectivity index (χ1v) is 7.52. The van der Waals surface area contributed by atoms with Gasteiger partial charge >= 0.3 is 0 Å². The van der Waals surface area contributed by atoms with E-state index in [0.29, 0.717) is 0 Å². The second-order valence-corrected chi connectivity index (χ2v) is 5.62. The Hall–Kier alpha value is -1.86. The van der Waals surface area contributed by atoms with Crippen molar-refractivity contribution in [3.63, 3.8) is 0 Å². The number of thioether (sulfide) groups is 1. The summed E-state index contributed by atoms with van der Waals surface area (Å²) in [5.41, 5.74) is 3.40. The Bertz CT molecular complexity index is 534. The van der Waals surface area contributed by atoms with Gasteiger partial charge in [0.15, 0.2) is 0 Å². The van der Waals surface area contributed by atoms with Crippen LogP contribution in [0.5, 0.6) is 0 Å². The summed E-state index contributed by atoms with van der Waals surface area (Å²) >= 11 is 1.57. The summed E-state index contributed by atoms with van der Waals surface area (Å²) in [6.45, 7) is 0. The smallest absolute Gasteiger partial charge is 0.0923 e. The molecule has 0 unspecified atom stereocenters. The number of nitrogens with zero attached hydrogens (tertiary/aromatic N) is 3. The molecule has 0 fully saturated rings. The van der Waals surface area contributed by atoms with Crippen molar-refractivity contribution in [2.45, 2.75) is 0 Å². The van der Waals surface area contributed by atoms with Gasteiger partial charge in [0.2, 0.25) is 0 Å². The van der Waals surface area contributed by atoms with Crippen LogP contribution in [0.4, 0.5) is 5.69 Å². The largest absolute Gasteiger partial charge is 0.378 e. The summed E-state index contributed by atoms with van der Waals surface area (Å²) in [6.07, 6.45) is 5.59. The number of benzene rings is 1. The molecule has 0 aliphatic rings. The first-order chi connectivity index (χ1) is 9.49. The Morgan fingerprint density at radius 3 is 2.15 bits per heavy atom. The van der Waals surface area contributed by atoms with Crippen LogP contribution in [0.25, 0.3) is 5.70 Å². The third-order valence-corrected chi connectivity index (χ3v) is 3.59. The van der Waals surface area contributed by atoms with Crippen LogP contribution in [0, 0.1) is 11.3 Å². The van der Waals surface area contributed by atoms with E-state index < -0.39 is 0 Å². The van der Waals surface area contributed by atoms with Gasteiger partial charge < -0.3 is 9.80 Å². The molecule has 0 heterocycles. The number of anilines is 1. The van der Waals surface area contributed by atoms with Gasteiger partial charge in [-0.05, 0) is 30.0 Å². The molecule has 0 bridgehead atoms. The molecule has 0 aliphatic heterocycles. The van der Waals surface area contributed by atoms with E-state index in [9.17, 15) is 0 Å². The number of rotatable bonds is 5. The average Bonchev–Trinajstić information content (AvgIpc) is 2.43. The zero-order valence-electron chi connectivity index (χ0n) is 12.7. The lowest BCUT2D eigenvalue weighted by molar-refractivity contribution is 0.592. The van der Waals surface area contributed by atoms with Gasteiger partial charge in [-0.25, -0.2) is 0 Å². The number of allylic oxidation sites excluding steroid dienone is 2. The Labute approximate surface area is 126 Å². The minimum Gasteiger partial charge on any atom is -0.378 e. The van der Waals surface area contributed by atoms with E-state index in [0.717, 1.165) is 16.2 Å². The molecule has 0 aliphatic carbocycles. The van der Waals surface area contributed by atoms with Crippen molar-refractivity contribution >= 4 is 23.1 Å². The summed E-state index contributed by atoms with van der Waals surface area (Å²) in [5, 5.41) is 8.80. The van der Waals surface area contributed by atoms with Gasteiger partial charge in [0.1, 0.15) is 0 Å². The van der Waals surface area contributed by atoms with Crippen molar-refractivity contribution in [3.8, 4) is 6.07 Å². The van der Waals surface area contributed by atoms with E-state index in [2.05, 4.69) is 40.1 Å². The van der Waals surface area contributed by atoms with E-state index in [1.165, 1.54) is 5.69 Å². The van der Waals surface area contributed by atoms with Crippen molar-refractivity contribution in [2.24, 2.45) is 0 Å². The van der Waals surface area contributed by atoms with Gasteiger partial charge in [0, 0.05) is 50.6 Å². The normalized spacial score (nSPS) is 12.0. The van der Waals surface area contributed by atoms with Crippen molar-refractivity contribution in [1.82, 2.24) is 4.90 Å². The average molecular weight is 287 g/mol. The molecule has 4 heteroatoms. The highest BCUT2D eigenvalue weighted by molar-refractivity contribution is 8.02.